The van der Waals surface area contributed by atoms with Crippen LogP contribution in [0.5, 0.6) is 11.6 Å². The third-order valence-corrected chi connectivity index (χ3v) is 6.18. The third kappa shape index (κ3) is 5.19. The third-order valence-electron chi connectivity index (χ3n) is 4.30. The van der Waals surface area contributed by atoms with Crippen LogP contribution in [-0.4, -0.2) is 49.4 Å². The van der Waals surface area contributed by atoms with Gasteiger partial charge in [0.25, 0.3) is 5.91 Å². The largest absolute Gasteiger partial charge is 0.484 e. The van der Waals surface area contributed by atoms with E-state index in [0.717, 1.165) is 18.3 Å². The second-order valence-corrected chi connectivity index (χ2v) is 8.44. The maximum atomic E-state index is 12.8. The lowest BCUT2D eigenvalue weighted by Crippen LogP contribution is -2.31. The van der Waals surface area contributed by atoms with Crippen LogP contribution in [0, 0.1) is 0 Å². The zero-order valence-electron chi connectivity index (χ0n) is 15.5. The summed E-state index contributed by atoms with van der Waals surface area (Å²) >= 11 is 0. The number of aromatic nitrogens is 1. The van der Waals surface area contributed by atoms with Crippen molar-refractivity contribution >= 4 is 15.9 Å². The molecule has 162 valence electrons. The minimum atomic E-state index is -4.53. The summed E-state index contributed by atoms with van der Waals surface area (Å²) in [5.41, 5.74) is 4.09. The number of hydrogen-bond donors (Lipinski definition) is 1. The molecule has 30 heavy (non-hydrogen) atoms. The Morgan fingerprint density at radius 2 is 1.93 bits per heavy atom. The molecule has 8 nitrogen and oxygen atoms in total. The lowest BCUT2D eigenvalue weighted by Gasteiger charge is -2.17. The van der Waals surface area contributed by atoms with Gasteiger partial charge in [-0.05, 0) is 36.8 Å². The van der Waals surface area contributed by atoms with Crippen LogP contribution < -0.4 is 15.2 Å². The summed E-state index contributed by atoms with van der Waals surface area (Å²) in [6.45, 7) is -0.215. The van der Waals surface area contributed by atoms with Crippen LogP contribution in [-0.2, 0) is 21.0 Å². The number of alkyl halides is 3. The summed E-state index contributed by atoms with van der Waals surface area (Å²) < 4.78 is 75.7. The second-order valence-electron chi connectivity index (χ2n) is 6.50. The first-order valence-electron chi connectivity index (χ1n) is 8.77. The van der Waals surface area contributed by atoms with Gasteiger partial charge in [0.15, 0.2) is 6.61 Å². The minimum Gasteiger partial charge on any atom is -0.484 e. The number of amides is 1. The number of carbonyl (C=O) groups is 1. The molecule has 1 fully saturated rings. The summed E-state index contributed by atoms with van der Waals surface area (Å²) in [7, 11) is -3.84. The van der Waals surface area contributed by atoms with Gasteiger partial charge in [0.05, 0.1) is 17.0 Å². The minimum absolute atomic E-state index is 0.00627. The summed E-state index contributed by atoms with van der Waals surface area (Å²) in [5.74, 6) is -0.596. The first-order valence-corrected chi connectivity index (χ1v) is 10.2. The highest BCUT2D eigenvalue weighted by Gasteiger charge is 2.35. The normalized spacial score (nSPS) is 17.6. The average Bonchev–Trinajstić information content (AvgIpc) is 3.15. The van der Waals surface area contributed by atoms with Gasteiger partial charge in [0.2, 0.25) is 15.9 Å². The molecule has 2 heterocycles. The molecule has 1 aromatic carbocycles. The predicted octanol–water partition coefficient (Wildman–Crippen LogP) is 1.81. The van der Waals surface area contributed by atoms with Gasteiger partial charge >= 0.3 is 6.18 Å². The van der Waals surface area contributed by atoms with Crippen LogP contribution in [0.2, 0.25) is 0 Å². The maximum absolute atomic E-state index is 12.8. The van der Waals surface area contributed by atoms with Crippen LogP contribution in [0.3, 0.4) is 0 Å². The molecule has 12 heteroatoms. The van der Waals surface area contributed by atoms with E-state index in [2.05, 4.69) is 4.98 Å². The lowest BCUT2D eigenvalue weighted by atomic mass is 10.2. The number of primary amides is 1. The van der Waals surface area contributed by atoms with E-state index in [-0.39, 0.29) is 36.2 Å². The van der Waals surface area contributed by atoms with Crippen molar-refractivity contribution in [2.45, 2.75) is 23.6 Å². The number of nitrogens with zero attached hydrogens (tertiary/aromatic N) is 2. The monoisotopic (exact) mass is 445 g/mol. The van der Waals surface area contributed by atoms with E-state index >= 15 is 0 Å². The lowest BCUT2D eigenvalue weighted by molar-refractivity contribution is -0.137. The first-order chi connectivity index (χ1) is 14.1. The maximum Gasteiger partial charge on any atom is 0.416 e. The molecule has 3 rings (SSSR count). The van der Waals surface area contributed by atoms with E-state index in [1.165, 1.54) is 28.6 Å². The quantitative estimate of drug-likeness (QED) is 0.696. The molecule has 0 unspecified atom stereocenters. The number of ether oxygens (including phenoxy) is 2. The number of carbonyl (C=O) groups excluding carboxylic acids is 1. The van der Waals surface area contributed by atoms with Gasteiger partial charge in [-0.15, -0.1) is 0 Å². The van der Waals surface area contributed by atoms with Gasteiger partial charge in [0.1, 0.15) is 11.9 Å². The number of sulfonamides is 1. The zero-order valence-corrected chi connectivity index (χ0v) is 16.3. The molecule has 1 saturated heterocycles. The van der Waals surface area contributed by atoms with E-state index in [0.29, 0.717) is 6.42 Å². The molecule has 0 spiro atoms. The van der Waals surface area contributed by atoms with Crippen molar-refractivity contribution in [1.82, 2.24) is 9.29 Å². The molecule has 1 amide bonds. The van der Waals surface area contributed by atoms with Crippen molar-refractivity contribution in [3.63, 3.8) is 0 Å². The van der Waals surface area contributed by atoms with Crippen molar-refractivity contribution < 1.29 is 35.9 Å². The molecule has 1 atom stereocenters. The molecule has 1 aromatic heterocycles. The topological polar surface area (TPSA) is 112 Å². The van der Waals surface area contributed by atoms with Gasteiger partial charge in [-0.25, -0.2) is 13.4 Å². The summed E-state index contributed by atoms with van der Waals surface area (Å²) in [6, 6.07) is 7.05. The number of halogens is 3. The van der Waals surface area contributed by atoms with Crippen LogP contribution in [0.25, 0.3) is 0 Å². The summed E-state index contributed by atoms with van der Waals surface area (Å²) in [5, 5.41) is 0. The number of pyridine rings is 1. The number of rotatable bonds is 7. The highest BCUT2D eigenvalue weighted by Crippen LogP contribution is 2.31. The average molecular weight is 445 g/mol. The Balaban J connectivity index is 1.65. The molecule has 0 aliphatic carbocycles. The van der Waals surface area contributed by atoms with Crippen LogP contribution >= 0.6 is 0 Å². The Morgan fingerprint density at radius 1 is 1.23 bits per heavy atom. The van der Waals surface area contributed by atoms with Gasteiger partial charge in [-0.1, -0.05) is 0 Å². The Hall–Kier alpha value is -2.86. The second kappa shape index (κ2) is 8.48. The van der Waals surface area contributed by atoms with E-state index in [1.54, 1.807) is 0 Å². The number of hydrogen-bond acceptors (Lipinski definition) is 6. The first kappa shape index (κ1) is 21.8. The molecule has 1 aliphatic rings. The van der Waals surface area contributed by atoms with Crippen molar-refractivity contribution in [2.24, 2.45) is 5.73 Å². The van der Waals surface area contributed by atoms with Crippen LogP contribution in [0.15, 0.2) is 47.5 Å². The molecule has 0 saturated carbocycles. The SMILES string of the molecule is NC(=O)COc1ccc(S(=O)(=O)N2CC[C@H](Oc3cc(C(F)(F)F)ccn3)C2)cc1. The van der Waals surface area contributed by atoms with Crippen molar-refractivity contribution in [3.05, 3.63) is 48.2 Å². The Morgan fingerprint density at radius 3 is 2.57 bits per heavy atom. The van der Waals surface area contributed by atoms with Crippen LogP contribution in [0.4, 0.5) is 13.2 Å². The molecule has 2 N–H and O–H groups in total. The van der Waals surface area contributed by atoms with E-state index in [1.807, 2.05) is 0 Å². The Bertz CT molecular complexity index is 1010. The van der Waals surface area contributed by atoms with E-state index in [9.17, 15) is 26.4 Å². The van der Waals surface area contributed by atoms with Crippen molar-refractivity contribution in [1.29, 1.82) is 0 Å². The molecular formula is C18H18F3N3O5S. The molecular weight excluding hydrogens is 427 g/mol. The Labute approximate surface area is 170 Å². The Kier molecular flexibility index (Phi) is 6.17. The number of nitrogens with two attached hydrogens (primary N) is 1. The van der Waals surface area contributed by atoms with Crippen molar-refractivity contribution in [3.8, 4) is 11.6 Å². The standard InChI is InChI=1S/C18H18F3N3O5S/c19-18(20,21)12-5-7-23-17(9-12)29-14-6-8-24(10-14)30(26,27)15-3-1-13(2-4-15)28-11-16(22)25/h1-5,7,9,14H,6,8,10-11H2,(H2,22,25)/t14-/m0/s1. The fourth-order valence-corrected chi connectivity index (χ4v) is 4.33. The zero-order chi connectivity index (χ0) is 21.9. The number of benzene rings is 1. The molecule has 0 bridgehead atoms. The van der Waals surface area contributed by atoms with E-state index < -0.39 is 33.8 Å². The van der Waals surface area contributed by atoms with E-state index in [4.69, 9.17) is 15.2 Å². The molecule has 2 aromatic rings. The van der Waals surface area contributed by atoms with Gasteiger partial charge in [0, 0.05) is 18.8 Å². The van der Waals surface area contributed by atoms with Crippen molar-refractivity contribution in [2.75, 3.05) is 19.7 Å². The van der Waals surface area contributed by atoms with Gasteiger partial charge < -0.3 is 15.2 Å². The summed E-state index contributed by atoms with van der Waals surface area (Å²) in [6.07, 6.45) is -3.87. The highest BCUT2D eigenvalue weighted by atomic mass is 32.2. The summed E-state index contributed by atoms with van der Waals surface area (Å²) in [4.78, 5) is 14.5. The molecule has 1 aliphatic heterocycles. The fraction of sp³-hybridized carbons (Fsp3) is 0.333. The smallest absolute Gasteiger partial charge is 0.416 e. The highest BCUT2D eigenvalue weighted by molar-refractivity contribution is 7.89. The van der Waals surface area contributed by atoms with Crippen LogP contribution in [0.1, 0.15) is 12.0 Å². The predicted molar refractivity (Wildman–Crippen MR) is 98.2 cm³/mol. The molecule has 0 radical (unpaired) electrons. The van der Waals surface area contributed by atoms with Gasteiger partial charge in [-0.3, -0.25) is 4.79 Å². The fourth-order valence-electron chi connectivity index (χ4n) is 2.84. The van der Waals surface area contributed by atoms with Gasteiger partial charge in [-0.2, -0.15) is 17.5 Å².